The summed E-state index contributed by atoms with van der Waals surface area (Å²) in [5, 5.41) is 4.98. The van der Waals surface area contributed by atoms with Crippen molar-refractivity contribution < 1.29 is 0 Å². The van der Waals surface area contributed by atoms with Crippen LogP contribution in [0.1, 0.15) is 0 Å². The Morgan fingerprint density at radius 2 is 0.800 bits per heavy atom. The third-order valence-electron chi connectivity index (χ3n) is 11.8. The Bertz CT molecular complexity index is 3290. The van der Waals surface area contributed by atoms with Gasteiger partial charge in [-0.25, -0.2) is 0 Å². The summed E-state index contributed by atoms with van der Waals surface area (Å²) >= 11 is 0. The summed E-state index contributed by atoms with van der Waals surface area (Å²) in [4.78, 5) is 2.41. The van der Waals surface area contributed by atoms with E-state index in [2.05, 4.69) is 252 Å². The summed E-state index contributed by atoms with van der Waals surface area (Å²) in [6.45, 7) is 0. The van der Waals surface area contributed by atoms with Gasteiger partial charge >= 0.3 is 0 Å². The first-order chi connectivity index (χ1) is 29.8. The van der Waals surface area contributed by atoms with E-state index in [1.54, 1.807) is 0 Å². The van der Waals surface area contributed by atoms with Gasteiger partial charge in [0.05, 0.1) is 16.7 Å². The Labute approximate surface area is 350 Å². The maximum atomic E-state index is 2.41. The molecule has 0 atom stereocenters. The van der Waals surface area contributed by atoms with Crippen molar-refractivity contribution in [3.8, 4) is 50.2 Å². The number of hydrogen-bond donors (Lipinski definition) is 0. The van der Waals surface area contributed by atoms with Crippen LogP contribution in [0, 0.1) is 0 Å². The Morgan fingerprint density at radius 1 is 0.300 bits per heavy atom. The maximum absolute atomic E-state index is 2.41. The highest BCUT2D eigenvalue weighted by molar-refractivity contribution is 6.17. The second-order valence-electron chi connectivity index (χ2n) is 15.3. The standard InChI is InChI=1S/C58H40N2/c1-3-15-41(16-4-1)43-31-35-50(36-32-43)59(51-37-33-44(34-38-51)46-19-13-20-47(39-46)48-30-29-42-17-7-8-18-45(42)40-48)55-26-11-9-23-52(55)53-25-14-28-57-58(53)54-24-10-12-27-56(54)60(57)49-21-5-2-6-22-49/h1-40H. The van der Waals surface area contributed by atoms with Crippen molar-refractivity contribution >= 4 is 49.6 Å². The van der Waals surface area contributed by atoms with Crippen molar-refractivity contribution in [2.24, 2.45) is 0 Å². The molecule has 0 amide bonds. The molecule has 0 aliphatic rings. The second-order valence-corrected chi connectivity index (χ2v) is 15.3. The molecule has 0 aliphatic heterocycles. The normalized spacial score (nSPS) is 11.3. The molecule has 0 saturated heterocycles. The Hall–Kier alpha value is -7.94. The third kappa shape index (κ3) is 6.32. The molecule has 1 aromatic heterocycles. The number of anilines is 3. The topological polar surface area (TPSA) is 8.17 Å². The highest BCUT2D eigenvalue weighted by Crippen LogP contribution is 2.46. The van der Waals surface area contributed by atoms with E-state index < -0.39 is 0 Å². The lowest BCUT2D eigenvalue weighted by atomic mass is 9.96. The van der Waals surface area contributed by atoms with E-state index in [4.69, 9.17) is 0 Å². The SMILES string of the molecule is c1ccc(-c2ccc(N(c3ccc(-c4cccc(-c5ccc6ccccc6c5)c4)cc3)c3ccccc3-c3cccc4c3c3ccccc3n4-c3ccccc3)cc2)cc1. The molecule has 2 heteroatoms. The van der Waals surface area contributed by atoms with Gasteiger partial charge in [-0.2, -0.15) is 0 Å². The summed E-state index contributed by atoms with van der Waals surface area (Å²) in [5.74, 6) is 0. The zero-order valence-electron chi connectivity index (χ0n) is 33.0. The van der Waals surface area contributed by atoms with E-state index in [0.29, 0.717) is 0 Å². The molecule has 1 heterocycles. The van der Waals surface area contributed by atoms with Gasteiger partial charge in [-0.1, -0.05) is 176 Å². The van der Waals surface area contributed by atoms with Crippen LogP contribution in [0.3, 0.4) is 0 Å². The average molecular weight is 765 g/mol. The fourth-order valence-corrected chi connectivity index (χ4v) is 8.91. The van der Waals surface area contributed by atoms with E-state index in [-0.39, 0.29) is 0 Å². The smallest absolute Gasteiger partial charge is 0.0547 e. The monoisotopic (exact) mass is 764 g/mol. The van der Waals surface area contributed by atoms with Gasteiger partial charge < -0.3 is 9.47 Å². The molecule has 2 nitrogen and oxygen atoms in total. The molecule has 0 unspecified atom stereocenters. The van der Waals surface area contributed by atoms with Gasteiger partial charge in [0.25, 0.3) is 0 Å². The number of hydrogen-bond acceptors (Lipinski definition) is 1. The average Bonchev–Trinajstić information content (AvgIpc) is 3.67. The number of aromatic nitrogens is 1. The molecule has 11 aromatic rings. The molecule has 0 bridgehead atoms. The van der Waals surface area contributed by atoms with Crippen LogP contribution in [-0.2, 0) is 0 Å². The molecule has 60 heavy (non-hydrogen) atoms. The van der Waals surface area contributed by atoms with E-state index in [9.17, 15) is 0 Å². The lowest BCUT2D eigenvalue weighted by Crippen LogP contribution is -2.11. The Kier molecular flexibility index (Phi) is 8.87. The molecule has 282 valence electrons. The van der Waals surface area contributed by atoms with Crippen molar-refractivity contribution in [3.63, 3.8) is 0 Å². The molecule has 0 N–H and O–H groups in total. The number of para-hydroxylation sites is 3. The maximum Gasteiger partial charge on any atom is 0.0547 e. The number of rotatable bonds is 8. The third-order valence-corrected chi connectivity index (χ3v) is 11.8. The lowest BCUT2D eigenvalue weighted by molar-refractivity contribution is 1.18. The van der Waals surface area contributed by atoms with Gasteiger partial charge in [0.15, 0.2) is 0 Å². The molecular weight excluding hydrogens is 725 g/mol. The van der Waals surface area contributed by atoms with Crippen LogP contribution < -0.4 is 4.90 Å². The lowest BCUT2D eigenvalue weighted by Gasteiger charge is -2.28. The van der Waals surface area contributed by atoms with Gasteiger partial charge in [0, 0.05) is 33.4 Å². The van der Waals surface area contributed by atoms with Crippen LogP contribution in [0.15, 0.2) is 243 Å². The Morgan fingerprint density at radius 3 is 1.57 bits per heavy atom. The van der Waals surface area contributed by atoms with Crippen molar-refractivity contribution in [2.45, 2.75) is 0 Å². The first kappa shape index (κ1) is 35.2. The van der Waals surface area contributed by atoms with Gasteiger partial charge in [0.1, 0.15) is 0 Å². The minimum atomic E-state index is 1.09. The summed E-state index contributed by atoms with van der Waals surface area (Å²) < 4.78 is 2.39. The van der Waals surface area contributed by atoms with Gasteiger partial charge in [-0.05, 0) is 116 Å². The van der Waals surface area contributed by atoms with Crippen LogP contribution in [-0.4, -0.2) is 4.57 Å². The van der Waals surface area contributed by atoms with E-state index in [1.165, 1.54) is 77.1 Å². The predicted molar refractivity (Wildman–Crippen MR) is 255 cm³/mol. The Balaban J connectivity index is 1.05. The molecule has 0 fully saturated rings. The molecule has 0 radical (unpaired) electrons. The van der Waals surface area contributed by atoms with Crippen LogP contribution in [0.5, 0.6) is 0 Å². The summed E-state index contributed by atoms with van der Waals surface area (Å²) in [7, 11) is 0. The minimum absolute atomic E-state index is 1.09. The summed E-state index contributed by atoms with van der Waals surface area (Å²) in [6, 6.07) is 87.9. The summed E-state index contributed by atoms with van der Waals surface area (Å²) in [6.07, 6.45) is 0. The fourth-order valence-electron chi connectivity index (χ4n) is 8.91. The molecular formula is C58H40N2. The molecule has 0 spiro atoms. The largest absolute Gasteiger partial charge is 0.310 e. The van der Waals surface area contributed by atoms with Crippen molar-refractivity contribution in [1.29, 1.82) is 0 Å². The van der Waals surface area contributed by atoms with E-state index in [1.807, 2.05) is 0 Å². The van der Waals surface area contributed by atoms with Crippen molar-refractivity contribution in [2.75, 3.05) is 4.90 Å². The highest BCUT2D eigenvalue weighted by atomic mass is 15.1. The van der Waals surface area contributed by atoms with Gasteiger partial charge in [-0.15, -0.1) is 0 Å². The molecule has 10 aromatic carbocycles. The quantitative estimate of drug-likeness (QED) is 0.150. The van der Waals surface area contributed by atoms with Gasteiger partial charge in [-0.3, -0.25) is 0 Å². The van der Waals surface area contributed by atoms with Crippen molar-refractivity contribution in [3.05, 3.63) is 243 Å². The first-order valence-electron chi connectivity index (χ1n) is 20.6. The van der Waals surface area contributed by atoms with E-state index >= 15 is 0 Å². The second kappa shape index (κ2) is 15.1. The zero-order chi connectivity index (χ0) is 39.8. The molecule has 11 rings (SSSR count). The molecule has 0 saturated carbocycles. The fraction of sp³-hybridized carbons (Fsp3) is 0. The zero-order valence-corrected chi connectivity index (χ0v) is 33.0. The molecule has 0 aliphatic carbocycles. The summed E-state index contributed by atoms with van der Waals surface area (Å²) in [5.41, 5.74) is 16.4. The number of benzene rings is 10. The minimum Gasteiger partial charge on any atom is -0.310 e. The van der Waals surface area contributed by atoms with Crippen LogP contribution in [0.25, 0.3) is 82.8 Å². The predicted octanol–water partition coefficient (Wildman–Crippen LogP) is 16.1. The highest BCUT2D eigenvalue weighted by Gasteiger charge is 2.21. The van der Waals surface area contributed by atoms with Crippen LogP contribution in [0.2, 0.25) is 0 Å². The number of fused-ring (bicyclic) bond motifs is 4. The first-order valence-corrected chi connectivity index (χ1v) is 20.6. The van der Waals surface area contributed by atoms with Crippen molar-refractivity contribution in [1.82, 2.24) is 4.57 Å². The number of nitrogens with zero attached hydrogens (tertiary/aromatic N) is 2. The van der Waals surface area contributed by atoms with Gasteiger partial charge in [0.2, 0.25) is 0 Å². The van der Waals surface area contributed by atoms with E-state index in [0.717, 1.165) is 22.7 Å². The van der Waals surface area contributed by atoms with Crippen LogP contribution >= 0.6 is 0 Å². The van der Waals surface area contributed by atoms with Crippen LogP contribution in [0.4, 0.5) is 17.1 Å².